The molecule has 0 saturated heterocycles. The molecule has 4 N–H and O–H groups in total. The second kappa shape index (κ2) is 4.86. The van der Waals surface area contributed by atoms with Crippen LogP contribution in [0.15, 0.2) is 60.9 Å². The Labute approximate surface area is 111 Å². The Hall–Kier alpha value is -2.75. The van der Waals surface area contributed by atoms with Gasteiger partial charge in [0.2, 0.25) is 0 Å². The first kappa shape index (κ1) is 11.3. The number of aromatic nitrogens is 2. The molecule has 1 heterocycles. The number of rotatable bonds is 3. The van der Waals surface area contributed by atoms with E-state index in [1.165, 1.54) is 0 Å². The molecule has 1 aromatic heterocycles. The molecule has 3 aromatic rings. The quantitative estimate of drug-likeness (QED) is 0.624. The van der Waals surface area contributed by atoms with Crippen molar-refractivity contribution < 1.29 is 0 Å². The highest BCUT2D eigenvalue weighted by Crippen LogP contribution is 2.21. The molecule has 0 aliphatic rings. The Morgan fingerprint density at radius 3 is 2.11 bits per heavy atom. The average molecular weight is 250 g/mol. The largest absolute Gasteiger partial charge is 0.399 e. The fourth-order valence-electron chi connectivity index (χ4n) is 1.87. The number of nitrogens with one attached hydrogen (secondary N) is 2. The van der Waals surface area contributed by atoms with Gasteiger partial charge in [-0.15, -0.1) is 0 Å². The van der Waals surface area contributed by atoms with Gasteiger partial charge in [0.15, 0.2) is 0 Å². The molecule has 0 atom stereocenters. The number of H-pyrrole nitrogens is 1. The van der Waals surface area contributed by atoms with E-state index in [0.717, 1.165) is 28.5 Å². The van der Waals surface area contributed by atoms with E-state index in [1.807, 2.05) is 54.7 Å². The van der Waals surface area contributed by atoms with Gasteiger partial charge in [0.25, 0.3) is 0 Å². The Kier molecular flexibility index (Phi) is 2.90. The molecule has 0 bridgehead atoms. The zero-order valence-corrected chi connectivity index (χ0v) is 10.3. The van der Waals surface area contributed by atoms with Crippen LogP contribution in [0.25, 0.3) is 11.4 Å². The van der Waals surface area contributed by atoms with Gasteiger partial charge >= 0.3 is 0 Å². The van der Waals surface area contributed by atoms with Crippen LogP contribution in [0.2, 0.25) is 0 Å². The molecule has 0 aliphatic heterocycles. The number of benzene rings is 2. The summed E-state index contributed by atoms with van der Waals surface area (Å²) in [5.74, 6) is 0.874. The Morgan fingerprint density at radius 2 is 1.53 bits per heavy atom. The van der Waals surface area contributed by atoms with Crippen LogP contribution < -0.4 is 11.1 Å². The molecule has 19 heavy (non-hydrogen) atoms. The van der Waals surface area contributed by atoms with Crippen molar-refractivity contribution in [3.8, 4) is 11.4 Å². The van der Waals surface area contributed by atoms with Gasteiger partial charge in [-0.25, -0.2) is 4.98 Å². The number of nitrogens with two attached hydrogens (primary N) is 1. The molecule has 0 spiro atoms. The van der Waals surface area contributed by atoms with Crippen LogP contribution >= 0.6 is 0 Å². The molecule has 0 aliphatic carbocycles. The van der Waals surface area contributed by atoms with Gasteiger partial charge in [0, 0.05) is 35.0 Å². The Balaban J connectivity index is 1.77. The van der Waals surface area contributed by atoms with Crippen molar-refractivity contribution in [1.29, 1.82) is 0 Å². The van der Waals surface area contributed by atoms with Crippen LogP contribution in [0.3, 0.4) is 0 Å². The summed E-state index contributed by atoms with van der Waals surface area (Å²) in [4.78, 5) is 7.30. The van der Waals surface area contributed by atoms with E-state index >= 15 is 0 Å². The molecule has 0 saturated carbocycles. The first-order valence-corrected chi connectivity index (χ1v) is 6.04. The minimum atomic E-state index is 0.763. The number of nitrogen functional groups attached to an aromatic ring is 1. The second-order valence-corrected chi connectivity index (χ2v) is 4.26. The monoisotopic (exact) mass is 250 g/mol. The molecule has 4 heteroatoms. The minimum absolute atomic E-state index is 0.763. The highest BCUT2D eigenvalue weighted by molar-refractivity contribution is 5.65. The lowest BCUT2D eigenvalue weighted by Crippen LogP contribution is -1.91. The van der Waals surface area contributed by atoms with Gasteiger partial charge in [-0.3, -0.25) is 0 Å². The first-order chi connectivity index (χ1) is 9.31. The van der Waals surface area contributed by atoms with E-state index < -0.39 is 0 Å². The van der Waals surface area contributed by atoms with E-state index in [2.05, 4.69) is 15.3 Å². The summed E-state index contributed by atoms with van der Waals surface area (Å²) in [5.41, 5.74) is 9.52. The van der Waals surface area contributed by atoms with Crippen molar-refractivity contribution in [2.24, 2.45) is 0 Å². The third-order valence-electron chi connectivity index (χ3n) is 2.86. The number of aromatic amines is 1. The lowest BCUT2D eigenvalue weighted by molar-refractivity contribution is 1.31. The van der Waals surface area contributed by atoms with Crippen LogP contribution in [0.5, 0.6) is 0 Å². The number of hydrogen-bond donors (Lipinski definition) is 3. The van der Waals surface area contributed by atoms with Crippen LogP contribution in [-0.4, -0.2) is 9.97 Å². The van der Waals surface area contributed by atoms with Gasteiger partial charge in [0.1, 0.15) is 5.82 Å². The molecule has 4 nitrogen and oxygen atoms in total. The predicted molar refractivity (Wildman–Crippen MR) is 78.2 cm³/mol. The standard InChI is InChI=1S/C15H14N4/c16-12-3-7-14(8-4-12)19-13-5-1-11(2-6-13)15-17-9-10-18-15/h1-10,19H,16H2,(H,17,18). The SMILES string of the molecule is Nc1ccc(Nc2ccc(-c3ncc[nH]3)cc2)cc1. The molecule has 0 fully saturated rings. The smallest absolute Gasteiger partial charge is 0.137 e. The Morgan fingerprint density at radius 1 is 0.895 bits per heavy atom. The number of hydrogen-bond acceptors (Lipinski definition) is 3. The molecule has 94 valence electrons. The van der Waals surface area contributed by atoms with Crippen molar-refractivity contribution >= 4 is 17.1 Å². The first-order valence-electron chi connectivity index (χ1n) is 6.04. The number of imidazole rings is 1. The van der Waals surface area contributed by atoms with Gasteiger partial charge < -0.3 is 16.0 Å². The van der Waals surface area contributed by atoms with E-state index in [-0.39, 0.29) is 0 Å². The maximum Gasteiger partial charge on any atom is 0.137 e. The molecule has 0 unspecified atom stereocenters. The fourth-order valence-corrected chi connectivity index (χ4v) is 1.87. The third kappa shape index (κ3) is 2.57. The molecule has 0 radical (unpaired) electrons. The van der Waals surface area contributed by atoms with Crippen molar-refractivity contribution in [3.05, 3.63) is 60.9 Å². The summed E-state index contributed by atoms with van der Waals surface area (Å²) in [6, 6.07) is 15.8. The van der Waals surface area contributed by atoms with E-state index in [1.54, 1.807) is 6.20 Å². The van der Waals surface area contributed by atoms with Crippen LogP contribution in [0, 0.1) is 0 Å². The third-order valence-corrected chi connectivity index (χ3v) is 2.86. The van der Waals surface area contributed by atoms with Crippen LogP contribution in [0.4, 0.5) is 17.1 Å². The van der Waals surface area contributed by atoms with Gasteiger partial charge in [-0.2, -0.15) is 0 Å². The molecular formula is C15H14N4. The summed E-state index contributed by atoms with van der Waals surface area (Å²) in [6.45, 7) is 0. The second-order valence-electron chi connectivity index (χ2n) is 4.26. The van der Waals surface area contributed by atoms with Crippen LogP contribution in [0.1, 0.15) is 0 Å². The van der Waals surface area contributed by atoms with Crippen molar-refractivity contribution in [2.75, 3.05) is 11.1 Å². The summed E-state index contributed by atoms with van der Waals surface area (Å²) in [5, 5.41) is 3.32. The lowest BCUT2D eigenvalue weighted by Gasteiger charge is -2.07. The predicted octanol–water partition coefficient (Wildman–Crippen LogP) is 3.40. The molecule has 2 aromatic carbocycles. The zero-order valence-electron chi connectivity index (χ0n) is 10.3. The van der Waals surface area contributed by atoms with E-state index in [0.29, 0.717) is 0 Å². The number of nitrogens with zero attached hydrogens (tertiary/aromatic N) is 1. The van der Waals surface area contributed by atoms with Crippen molar-refractivity contribution in [3.63, 3.8) is 0 Å². The summed E-state index contributed by atoms with van der Waals surface area (Å²) in [6.07, 6.45) is 3.56. The lowest BCUT2D eigenvalue weighted by atomic mass is 10.2. The average Bonchev–Trinajstić information content (AvgIpc) is 2.96. The van der Waals surface area contributed by atoms with Gasteiger partial charge in [-0.1, -0.05) is 0 Å². The van der Waals surface area contributed by atoms with E-state index in [9.17, 15) is 0 Å². The zero-order chi connectivity index (χ0) is 13.1. The normalized spacial score (nSPS) is 10.3. The fraction of sp³-hybridized carbons (Fsp3) is 0. The highest BCUT2D eigenvalue weighted by atomic mass is 14.9. The van der Waals surface area contributed by atoms with Gasteiger partial charge in [-0.05, 0) is 48.5 Å². The molecular weight excluding hydrogens is 236 g/mol. The summed E-state index contributed by atoms with van der Waals surface area (Å²) < 4.78 is 0. The Bertz CT molecular complexity index is 640. The minimum Gasteiger partial charge on any atom is -0.399 e. The topological polar surface area (TPSA) is 66.7 Å². The highest BCUT2D eigenvalue weighted by Gasteiger charge is 2.00. The summed E-state index contributed by atoms with van der Waals surface area (Å²) >= 11 is 0. The van der Waals surface area contributed by atoms with Crippen LogP contribution in [-0.2, 0) is 0 Å². The van der Waals surface area contributed by atoms with Gasteiger partial charge in [0.05, 0.1) is 0 Å². The molecule has 3 rings (SSSR count). The maximum absolute atomic E-state index is 5.66. The summed E-state index contributed by atoms with van der Waals surface area (Å²) in [7, 11) is 0. The molecule has 0 amide bonds. The van der Waals surface area contributed by atoms with Crippen molar-refractivity contribution in [2.45, 2.75) is 0 Å². The van der Waals surface area contributed by atoms with E-state index in [4.69, 9.17) is 5.73 Å². The number of anilines is 3. The van der Waals surface area contributed by atoms with Crippen molar-refractivity contribution in [1.82, 2.24) is 9.97 Å². The maximum atomic E-state index is 5.66.